The van der Waals surface area contributed by atoms with Gasteiger partial charge in [0.05, 0.1) is 17.9 Å². The Morgan fingerprint density at radius 3 is 2.44 bits per heavy atom. The van der Waals surface area contributed by atoms with Crippen molar-refractivity contribution >= 4 is 17.7 Å². The fourth-order valence-electron chi connectivity index (χ4n) is 7.47. The largest absolute Gasteiger partial charge is 0.472 e. The van der Waals surface area contributed by atoms with Crippen molar-refractivity contribution in [3.63, 3.8) is 0 Å². The third-order valence-electron chi connectivity index (χ3n) is 9.00. The molecule has 6 heteroatoms. The number of cyclic esters (lactones) is 2. The van der Waals surface area contributed by atoms with Gasteiger partial charge in [-0.1, -0.05) is 19.9 Å². The lowest BCUT2D eigenvalue weighted by atomic mass is 9.40. The maximum atomic E-state index is 13.9. The predicted octanol–water partition coefficient (Wildman–Crippen LogP) is 4.71. The third-order valence-corrected chi connectivity index (χ3v) is 9.00. The van der Waals surface area contributed by atoms with Gasteiger partial charge in [0, 0.05) is 35.5 Å². The van der Waals surface area contributed by atoms with E-state index in [1.165, 1.54) is 6.08 Å². The van der Waals surface area contributed by atoms with Crippen molar-refractivity contribution in [2.75, 3.05) is 0 Å². The van der Waals surface area contributed by atoms with Crippen molar-refractivity contribution in [1.82, 2.24) is 0 Å². The van der Waals surface area contributed by atoms with E-state index in [2.05, 4.69) is 13.8 Å². The predicted molar refractivity (Wildman–Crippen MR) is 115 cm³/mol. The summed E-state index contributed by atoms with van der Waals surface area (Å²) in [5.41, 5.74) is -0.920. The number of carbonyl (C=O) groups is 3. The molecule has 0 N–H and O–H groups in total. The second kappa shape index (κ2) is 6.46. The fourth-order valence-corrected chi connectivity index (χ4v) is 7.47. The molecule has 4 aliphatic rings. The first-order valence-electron chi connectivity index (χ1n) is 11.3. The Labute approximate surface area is 188 Å². The average molecular weight is 439 g/mol. The highest BCUT2D eigenvalue weighted by Gasteiger charge is 2.67. The zero-order valence-corrected chi connectivity index (χ0v) is 19.3. The van der Waals surface area contributed by atoms with Gasteiger partial charge in [-0.05, 0) is 56.6 Å². The van der Waals surface area contributed by atoms with Crippen molar-refractivity contribution in [2.45, 2.75) is 65.6 Å². The molecule has 6 nitrogen and oxygen atoms in total. The summed E-state index contributed by atoms with van der Waals surface area (Å²) in [4.78, 5) is 39.0. The number of Topliss-reactive ketones (excluding diaryl/α,β-unsaturated/α-hetero) is 1. The van der Waals surface area contributed by atoms with Crippen LogP contribution < -0.4 is 0 Å². The van der Waals surface area contributed by atoms with Crippen LogP contribution in [0.3, 0.4) is 0 Å². The number of carbonyl (C=O) groups excluding carboxylic acids is 3. The molecule has 2 aliphatic heterocycles. The van der Waals surface area contributed by atoms with E-state index in [0.29, 0.717) is 0 Å². The minimum absolute atomic E-state index is 0.0681. The molecule has 6 atom stereocenters. The Bertz CT molecular complexity index is 1060. The van der Waals surface area contributed by atoms with E-state index in [9.17, 15) is 14.4 Å². The van der Waals surface area contributed by atoms with E-state index >= 15 is 0 Å². The highest BCUT2D eigenvalue weighted by atomic mass is 16.6. The highest BCUT2D eigenvalue weighted by molar-refractivity contribution is 5.94. The highest BCUT2D eigenvalue weighted by Crippen LogP contribution is 2.69. The first-order valence-corrected chi connectivity index (χ1v) is 11.3. The molecule has 0 radical (unpaired) electrons. The van der Waals surface area contributed by atoms with E-state index < -0.39 is 33.9 Å². The number of esters is 2. The molecule has 2 aliphatic carbocycles. The van der Waals surface area contributed by atoms with Crippen LogP contribution in [0.25, 0.3) is 0 Å². The molecule has 0 spiro atoms. The zero-order chi connectivity index (χ0) is 23.1. The number of rotatable bonds is 1. The first-order chi connectivity index (χ1) is 14.9. The van der Waals surface area contributed by atoms with Crippen LogP contribution in [0.5, 0.6) is 0 Å². The lowest BCUT2D eigenvalue weighted by molar-refractivity contribution is -0.179. The smallest absolute Gasteiger partial charge is 0.331 e. The summed E-state index contributed by atoms with van der Waals surface area (Å²) in [5, 5.41) is 0. The van der Waals surface area contributed by atoms with Gasteiger partial charge >= 0.3 is 11.9 Å². The molecule has 3 heterocycles. The monoisotopic (exact) mass is 438 g/mol. The van der Waals surface area contributed by atoms with Crippen LogP contribution in [0, 0.1) is 28.1 Å². The van der Waals surface area contributed by atoms with Crippen molar-refractivity contribution in [2.24, 2.45) is 28.1 Å². The third kappa shape index (κ3) is 2.61. The molecule has 32 heavy (non-hydrogen) atoms. The molecule has 2 fully saturated rings. The van der Waals surface area contributed by atoms with Gasteiger partial charge in [0.25, 0.3) is 0 Å². The summed E-state index contributed by atoms with van der Waals surface area (Å²) in [7, 11) is 0. The van der Waals surface area contributed by atoms with Crippen LogP contribution in [0.1, 0.15) is 65.5 Å². The van der Waals surface area contributed by atoms with Crippen LogP contribution in [-0.4, -0.2) is 23.3 Å². The van der Waals surface area contributed by atoms with E-state index in [1.54, 1.807) is 18.6 Å². The maximum Gasteiger partial charge on any atom is 0.331 e. The Balaban J connectivity index is 1.67. The van der Waals surface area contributed by atoms with E-state index in [1.807, 2.05) is 32.9 Å². The van der Waals surface area contributed by atoms with Gasteiger partial charge in [-0.3, -0.25) is 4.79 Å². The molecule has 2 saturated carbocycles. The van der Waals surface area contributed by atoms with Crippen LogP contribution in [0.15, 0.2) is 46.8 Å². The van der Waals surface area contributed by atoms with E-state index in [4.69, 9.17) is 13.9 Å². The van der Waals surface area contributed by atoms with Crippen molar-refractivity contribution in [3.05, 3.63) is 48.0 Å². The van der Waals surface area contributed by atoms with Crippen LogP contribution in [-0.2, 0) is 23.9 Å². The standard InChI is InChI=1S/C26H30O6/c1-23(2)17-12-19(27)26(5)16(24(17,3)10-7-20(28)32-23)6-9-25(4)18(26)13-21(29)31-22(25)15-8-11-30-14-15/h7-8,10-11,13-14,16-17,22H,6,9,12H2,1-5H3. The van der Waals surface area contributed by atoms with Gasteiger partial charge in [0.15, 0.2) is 0 Å². The lowest BCUT2D eigenvalue weighted by Gasteiger charge is -2.63. The molecule has 1 aromatic rings. The van der Waals surface area contributed by atoms with Crippen molar-refractivity contribution in [1.29, 1.82) is 0 Å². The molecule has 170 valence electrons. The summed E-state index contributed by atoms with van der Waals surface area (Å²) in [5.74, 6) is -0.918. The van der Waals surface area contributed by atoms with Crippen LogP contribution in [0.4, 0.5) is 0 Å². The number of allylic oxidation sites excluding steroid dienone is 1. The summed E-state index contributed by atoms with van der Waals surface area (Å²) in [6.07, 6.45) is 9.52. The normalized spacial score (nSPS) is 42.6. The quantitative estimate of drug-likeness (QED) is 0.591. The Hall–Kier alpha value is -2.63. The fraction of sp³-hybridized carbons (Fsp3) is 0.577. The second-order valence-corrected chi connectivity index (χ2v) is 11.0. The number of hydrogen-bond acceptors (Lipinski definition) is 6. The summed E-state index contributed by atoms with van der Waals surface area (Å²) in [6.45, 7) is 10.0. The summed E-state index contributed by atoms with van der Waals surface area (Å²) >= 11 is 0. The SMILES string of the molecule is CC1(C)OC(=O)C=CC2(C)C1CC(=O)C1(C)C3=CC(=O)OC(c4ccoc4)C3(C)CCC12. The Morgan fingerprint density at radius 1 is 1.00 bits per heavy atom. The van der Waals surface area contributed by atoms with Gasteiger partial charge in [-0.25, -0.2) is 9.59 Å². The Morgan fingerprint density at radius 2 is 1.75 bits per heavy atom. The molecule has 0 saturated heterocycles. The second-order valence-electron chi connectivity index (χ2n) is 11.0. The number of fused-ring (bicyclic) bond motifs is 5. The number of ether oxygens (including phenoxy) is 2. The van der Waals surface area contributed by atoms with Crippen LogP contribution >= 0.6 is 0 Å². The number of ketones is 1. The van der Waals surface area contributed by atoms with Crippen LogP contribution in [0.2, 0.25) is 0 Å². The first kappa shape index (κ1) is 21.2. The molecule has 6 unspecified atom stereocenters. The lowest BCUT2D eigenvalue weighted by Crippen LogP contribution is -2.62. The van der Waals surface area contributed by atoms with Gasteiger partial charge in [0.2, 0.25) is 0 Å². The molecular formula is C26H30O6. The molecule has 0 bridgehead atoms. The number of furan rings is 1. The maximum absolute atomic E-state index is 13.9. The average Bonchev–Trinajstić information content (AvgIpc) is 3.21. The van der Waals surface area contributed by atoms with E-state index in [-0.39, 0.29) is 30.0 Å². The zero-order valence-electron chi connectivity index (χ0n) is 19.3. The van der Waals surface area contributed by atoms with Gasteiger partial charge in [-0.15, -0.1) is 0 Å². The molecule has 1 aromatic heterocycles. The van der Waals surface area contributed by atoms with Crippen molar-refractivity contribution in [3.8, 4) is 0 Å². The topological polar surface area (TPSA) is 82.8 Å². The molecule has 0 aromatic carbocycles. The van der Waals surface area contributed by atoms with Gasteiger partial charge < -0.3 is 13.9 Å². The molecular weight excluding hydrogens is 408 g/mol. The Kier molecular flexibility index (Phi) is 4.28. The van der Waals surface area contributed by atoms with E-state index in [0.717, 1.165) is 24.0 Å². The van der Waals surface area contributed by atoms with Gasteiger partial charge in [0.1, 0.15) is 17.5 Å². The summed E-state index contributed by atoms with van der Waals surface area (Å²) in [6, 6.07) is 1.82. The minimum Gasteiger partial charge on any atom is -0.472 e. The minimum atomic E-state index is -0.840. The molecule has 0 amide bonds. The molecule has 5 rings (SSSR count). The van der Waals surface area contributed by atoms with Gasteiger partial charge in [-0.2, -0.15) is 0 Å². The van der Waals surface area contributed by atoms with Crippen molar-refractivity contribution < 1.29 is 28.3 Å². The summed E-state index contributed by atoms with van der Waals surface area (Å²) < 4.78 is 16.8. The number of hydrogen-bond donors (Lipinski definition) is 0.